The van der Waals surface area contributed by atoms with Crippen molar-refractivity contribution in [1.82, 2.24) is 19.7 Å². The Bertz CT molecular complexity index is 757. The highest BCUT2D eigenvalue weighted by molar-refractivity contribution is 6.33. The molecule has 0 atom stereocenters. The molecule has 0 N–H and O–H groups in total. The Labute approximate surface area is 111 Å². The Kier molecular flexibility index (Phi) is 2.87. The molecule has 0 unspecified atom stereocenters. The first-order valence-electron chi connectivity index (χ1n) is 5.41. The van der Waals surface area contributed by atoms with Gasteiger partial charge in [0.05, 0.1) is 18.1 Å². The number of rotatable bonds is 2. The topological polar surface area (TPSA) is 43.6 Å². The molecule has 1 aromatic carbocycles. The van der Waals surface area contributed by atoms with E-state index in [0.29, 0.717) is 16.6 Å². The summed E-state index contributed by atoms with van der Waals surface area (Å²) in [5.74, 6) is -1.24. The van der Waals surface area contributed by atoms with Crippen molar-refractivity contribution in [2.75, 3.05) is 0 Å². The lowest BCUT2D eigenvalue weighted by Gasteiger charge is -2.04. The van der Waals surface area contributed by atoms with E-state index < -0.39 is 11.6 Å². The van der Waals surface area contributed by atoms with E-state index in [-0.39, 0.29) is 11.7 Å². The molecule has 3 rings (SSSR count). The molecule has 0 amide bonds. The fraction of sp³-hybridized carbons (Fsp3) is 0.0833. The van der Waals surface area contributed by atoms with Gasteiger partial charge in [-0.15, -0.1) is 0 Å². The molecule has 96 valence electrons. The molecule has 0 bridgehead atoms. The van der Waals surface area contributed by atoms with E-state index in [1.807, 2.05) is 0 Å². The zero-order valence-electron chi connectivity index (χ0n) is 9.52. The van der Waals surface area contributed by atoms with Crippen molar-refractivity contribution in [2.24, 2.45) is 0 Å². The molecule has 2 aromatic heterocycles. The first kappa shape index (κ1) is 12.0. The van der Waals surface area contributed by atoms with Crippen LogP contribution in [0, 0.1) is 11.6 Å². The monoisotopic (exact) mass is 280 g/mol. The van der Waals surface area contributed by atoms with Crippen LogP contribution in [0.25, 0.3) is 11.0 Å². The maximum Gasteiger partial charge on any atom is 0.162 e. The summed E-state index contributed by atoms with van der Waals surface area (Å²) in [4.78, 5) is 7.89. The molecule has 19 heavy (non-hydrogen) atoms. The Morgan fingerprint density at radius 1 is 1.21 bits per heavy atom. The molecule has 0 aliphatic heterocycles. The highest BCUT2D eigenvalue weighted by atomic mass is 35.5. The molecule has 0 fully saturated rings. The first-order chi connectivity index (χ1) is 9.15. The van der Waals surface area contributed by atoms with E-state index in [1.165, 1.54) is 29.3 Å². The summed E-state index contributed by atoms with van der Waals surface area (Å²) < 4.78 is 27.9. The number of aromatic nitrogens is 4. The van der Waals surface area contributed by atoms with Gasteiger partial charge < -0.3 is 0 Å². The fourth-order valence-electron chi connectivity index (χ4n) is 1.79. The van der Waals surface area contributed by atoms with Gasteiger partial charge in [-0.1, -0.05) is 17.7 Å². The first-order valence-corrected chi connectivity index (χ1v) is 5.79. The third-order valence-corrected chi connectivity index (χ3v) is 3.02. The Morgan fingerprint density at radius 3 is 2.84 bits per heavy atom. The van der Waals surface area contributed by atoms with Crippen LogP contribution in [0.5, 0.6) is 0 Å². The summed E-state index contributed by atoms with van der Waals surface area (Å²) in [5.41, 5.74) is 0.824. The van der Waals surface area contributed by atoms with Crippen LogP contribution in [0.15, 0.2) is 30.7 Å². The summed E-state index contributed by atoms with van der Waals surface area (Å²) in [6, 6.07) is 3.41. The van der Waals surface area contributed by atoms with E-state index in [9.17, 15) is 8.78 Å². The largest absolute Gasteiger partial charge is 0.243 e. The summed E-state index contributed by atoms with van der Waals surface area (Å²) in [5, 5.41) is 4.96. The van der Waals surface area contributed by atoms with Gasteiger partial charge in [-0.05, 0) is 6.07 Å². The minimum atomic E-state index is -0.621. The standard InChI is InChI=1S/C12H7ClF2N4/c13-11-9-4-18-19(12(9)17-6-16-11)5-7-1-2-8(14)3-10(7)15/h1-4,6H,5H2. The van der Waals surface area contributed by atoms with Crippen LogP contribution in [0.3, 0.4) is 0 Å². The highest BCUT2D eigenvalue weighted by Crippen LogP contribution is 2.19. The highest BCUT2D eigenvalue weighted by Gasteiger charge is 2.10. The second kappa shape index (κ2) is 4.55. The smallest absolute Gasteiger partial charge is 0.162 e. The van der Waals surface area contributed by atoms with Gasteiger partial charge in [-0.2, -0.15) is 5.10 Å². The van der Waals surface area contributed by atoms with Gasteiger partial charge in [0.15, 0.2) is 5.65 Å². The van der Waals surface area contributed by atoms with Crippen molar-refractivity contribution in [2.45, 2.75) is 6.54 Å². The maximum absolute atomic E-state index is 13.6. The van der Waals surface area contributed by atoms with Crippen LogP contribution >= 0.6 is 11.6 Å². The van der Waals surface area contributed by atoms with Crippen molar-refractivity contribution in [3.63, 3.8) is 0 Å². The lowest BCUT2D eigenvalue weighted by atomic mass is 10.2. The van der Waals surface area contributed by atoms with Gasteiger partial charge in [0, 0.05) is 11.6 Å². The second-order valence-corrected chi connectivity index (χ2v) is 4.30. The van der Waals surface area contributed by atoms with Crippen molar-refractivity contribution in [3.05, 3.63) is 53.1 Å². The Morgan fingerprint density at radius 2 is 2.05 bits per heavy atom. The van der Waals surface area contributed by atoms with Crippen LogP contribution in [0.4, 0.5) is 8.78 Å². The van der Waals surface area contributed by atoms with Gasteiger partial charge in [-0.3, -0.25) is 0 Å². The normalized spacial score (nSPS) is 11.1. The molecular weight excluding hydrogens is 274 g/mol. The van der Waals surface area contributed by atoms with Crippen molar-refractivity contribution >= 4 is 22.6 Å². The number of benzene rings is 1. The Balaban J connectivity index is 2.04. The van der Waals surface area contributed by atoms with Crippen LogP contribution in [0.1, 0.15) is 5.56 Å². The summed E-state index contributed by atoms with van der Waals surface area (Å²) in [6.07, 6.45) is 2.82. The molecule has 0 aliphatic rings. The molecule has 2 heterocycles. The predicted octanol–water partition coefficient (Wildman–Crippen LogP) is 2.81. The lowest BCUT2D eigenvalue weighted by Crippen LogP contribution is -2.04. The van der Waals surface area contributed by atoms with Crippen LogP contribution in [-0.4, -0.2) is 19.7 Å². The molecule has 0 spiro atoms. The van der Waals surface area contributed by atoms with Crippen molar-refractivity contribution in [3.8, 4) is 0 Å². The zero-order chi connectivity index (χ0) is 13.4. The van der Waals surface area contributed by atoms with Gasteiger partial charge >= 0.3 is 0 Å². The summed E-state index contributed by atoms with van der Waals surface area (Å²) in [6.45, 7) is 0.142. The molecule has 0 saturated carbocycles. The minimum Gasteiger partial charge on any atom is -0.243 e. The number of halogens is 3. The predicted molar refractivity (Wildman–Crippen MR) is 65.8 cm³/mol. The quantitative estimate of drug-likeness (QED) is 0.678. The summed E-state index contributed by atoms with van der Waals surface area (Å²) in [7, 11) is 0. The Hall–Kier alpha value is -2.08. The van der Waals surface area contributed by atoms with E-state index in [2.05, 4.69) is 15.1 Å². The van der Waals surface area contributed by atoms with Gasteiger partial charge in [-0.25, -0.2) is 23.4 Å². The molecule has 0 radical (unpaired) electrons. The van der Waals surface area contributed by atoms with Crippen LogP contribution < -0.4 is 0 Å². The van der Waals surface area contributed by atoms with Gasteiger partial charge in [0.25, 0.3) is 0 Å². The van der Waals surface area contributed by atoms with Crippen LogP contribution in [0.2, 0.25) is 5.15 Å². The van der Waals surface area contributed by atoms with Gasteiger partial charge in [0.2, 0.25) is 0 Å². The lowest BCUT2D eigenvalue weighted by molar-refractivity contribution is 0.560. The van der Waals surface area contributed by atoms with E-state index >= 15 is 0 Å². The molecular formula is C12H7ClF2N4. The third kappa shape index (κ3) is 2.15. The fourth-order valence-corrected chi connectivity index (χ4v) is 1.97. The molecule has 7 heteroatoms. The van der Waals surface area contributed by atoms with Gasteiger partial charge in [0.1, 0.15) is 23.1 Å². The number of hydrogen-bond acceptors (Lipinski definition) is 3. The number of nitrogens with zero attached hydrogens (tertiary/aromatic N) is 4. The van der Waals surface area contributed by atoms with E-state index in [1.54, 1.807) is 0 Å². The maximum atomic E-state index is 13.6. The minimum absolute atomic E-state index is 0.142. The number of hydrogen-bond donors (Lipinski definition) is 0. The SMILES string of the molecule is Fc1ccc(Cn2ncc3c(Cl)ncnc32)c(F)c1. The van der Waals surface area contributed by atoms with E-state index in [0.717, 1.165) is 6.07 Å². The van der Waals surface area contributed by atoms with Crippen molar-refractivity contribution < 1.29 is 8.78 Å². The number of fused-ring (bicyclic) bond motifs is 1. The molecule has 3 aromatic rings. The van der Waals surface area contributed by atoms with E-state index in [4.69, 9.17) is 11.6 Å². The average molecular weight is 281 g/mol. The van der Waals surface area contributed by atoms with Crippen molar-refractivity contribution in [1.29, 1.82) is 0 Å². The molecule has 0 saturated heterocycles. The molecule has 0 aliphatic carbocycles. The zero-order valence-corrected chi connectivity index (χ0v) is 10.3. The average Bonchev–Trinajstić information content (AvgIpc) is 2.78. The third-order valence-electron chi connectivity index (χ3n) is 2.72. The summed E-state index contributed by atoms with van der Waals surface area (Å²) >= 11 is 5.90. The van der Waals surface area contributed by atoms with Crippen LogP contribution in [-0.2, 0) is 6.54 Å². The second-order valence-electron chi connectivity index (χ2n) is 3.94. The molecule has 4 nitrogen and oxygen atoms in total.